The molecule has 1 heterocycles. The van der Waals surface area contributed by atoms with Crippen LogP contribution in [0.2, 0.25) is 0 Å². The second kappa shape index (κ2) is 6.15. The van der Waals surface area contributed by atoms with Crippen molar-refractivity contribution in [3.05, 3.63) is 48.2 Å². The van der Waals surface area contributed by atoms with Crippen molar-refractivity contribution < 1.29 is 4.79 Å². The van der Waals surface area contributed by atoms with E-state index in [2.05, 4.69) is 10.4 Å². The predicted octanol–water partition coefficient (Wildman–Crippen LogP) is 1.32. The van der Waals surface area contributed by atoms with Crippen molar-refractivity contribution in [2.45, 2.75) is 18.9 Å². The molecular formula is C14H18N4O. The molecule has 1 aromatic carbocycles. The summed E-state index contributed by atoms with van der Waals surface area (Å²) in [5.74, 6) is 0.472. The average Bonchev–Trinajstić information content (AvgIpc) is 2.82. The van der Waals surface area contributed by atoms with E-state index < -0.39 is 6.04 Å². The Morgan fingerprint density at radius 1 is 1.37 bits per heavy atom. The van der Waals surface area contributed by atoms with Crippen LogP contribution in [0.4, 0.5) is 5.82 Å². The molecule has 0 saturated heterocycles. The summed E-state index contributed by atoms with van der Waals surface area (Å²) in [6.07, 6.45) is 3.04. The van der Waals surface area contributed by atoms with Gasteiger partial charge in [-0.3, -0.25) is 9.48 Å². The van der Waals surface area contributed by atoms with E-state index in [9.17, 15) is 4.79 Å². The highest BCUT2D eigenvalue weighted by atomic mass is 16.2. The van der Waals surface area contributed by atoms with Gasteiger partial charge < -0.3 is 11.1 Å². The number of hydrogen-bond donors (Lipinski definition) is 2. The summed E-state index contributed by atoms with van der Waals surface area (Å²) < 4.78 is 1.60. The molecular weight excluding hydrogens is 240 g/mol. The van der Waals surface area contributed by atoms with Gasteiger partial charge in [0.05, 0.1) is 12.2 Å². The molecule has 2 aromatic rings. The van der Waals surface area contributed by atoms with Crippen molar-refractivity contribution in [1.29, 1.82) is 0 Å². The molecule has 100 valence electrons. The molecule has 0 aliphatic heterocycles. The molecule has 1 atom stereocenters. The average molecular weight is 258 g/mol. The normalized spacial score (nSPS) is 12.1. The largest absolute Gasteiger partial charge is 0.320 e. The summed E-state index contributed by atoms with van der Waals surface area (Å²) in [7, 11) is 1.77. The first-order valence-corrected chi connectivity index (χ1v) is 6.25. The molecule has 0 bridgehead atoms. The van der Waals surface area contributed by atoms with E-state index in [0.717, 1.165) is 6.42 Å². The van der Waals surface area contributed by atoms with Gasteiger partial charge >= 0.3 is 0 Å². The lowest BCUT2D eigenvalue weighted by atomic mass is 10.1. The lowest BCUT2D eigenvalue weighted by Gasteiger charge is -2.12. The summed E-state index contributed by atoms with van der Waals surface area (Å²) in [6, 6.07) is 11.2. The minimum absolute atomic E-state index is 0.181. The topological polar surface area (TPSA) is 72.9 Å². The van der Waals surface area contributed by atoms with Crippen LogP contribution in [0.25, 0.3) is 0 Å². The molecule has 0 saturated carbocycles. The summed E-state index contributed by atoms with van der Waals surface area (Å²) >= 11 is 0. The fourth-order valence-electron chi connectivity index (χ4n) is 1.81. The van der Waals surface area contributed by atoms with Gasteiger partial charge in [-0.2, -0.15) is 5.10 Å². The lowest BCUT2D eigenvalue weighted by Crippen LogP contribution is -2.36. The zero-order valence-corrected chi connectivity index (χ0v) is 10.9. The van der Waals surface area contributed by atoms with E-state index in [1.807, 2.05) is 30.3 Å². The molecule has 0 radical (unpaired) electrons. The van der Waals surface area contributed by atoms with Crippen molar-refractivity contribution >= 4 is 11.7 Å². The zero-order valence-electron chi connectivity index (χ0n) is 10.9. The number of aryl methyl sites for hydroxylation is 2. The van der Waals surface area contributed by atoms with Gasteiger partial charge in [0.15, 0.2) is 0 Å². The van der Waals surface area contributed by atoms with Crippen molar-refractivity contribution in [3.8, 4) is 0 Å². The SMILES string of the molecule is Cn1nccc1NC(=O)[C@@H](N)CCc1ccccc1. The quantitative estimate of drug-likeness (QED) is 0.849. The second-order valence-electron chi connectivity index (χ2n) is 4.46. The molecule has 0 spiro atoms. The van der Waals surface area contributed by atoms with Gasteiger partial charge in [-0.25, -0.2) is 0 Å². The second-order valence-corrected chi connectivity index (χ2v) is 4.46. The monoisotopic (exact) mass is 258 g/mol. The Kier molecular flexibility index (Phi) is 4.30. The maximum absolute atomic E-state index is 11.9. The third kappa shape index (κ3) is 3.66. The van der Waals surface area contributed by atoms with Gasteiger partial charge in [-0.15, -0.1) is 0 Å². The number of nitrogens with one attached hydrogen (secondary N) is 1. The van der Waals surface area contributed by atoms with E-state index in [-0.39, 0.29) is 5.91 Å². The minimum Gasteiger partial charge on any atom is -0.320 e. The zero-order chi connectivity index (χ0) is 13.7. The molecule has 19 heavy (non-hydrogen) atoms. The molecule has 0 aliphatic rings. The number of amides is 1. The van der Waals surface area contributed by atoms with Crippen LogP contribution in [0.3, 0.4) is 0 Å². The summed E-state index contributed by atoms with van der Waals surface area (Å²) in [6.45, 7) is 0. The number of benzene rings is 1. The standard InChI is InChI=1S/C14H18N4O/c1-18-13(9-10-16-18)17-14(19)12(15)8-7-11-5-3-2-4-6-11/h2-6,9-10,12H,7-8,15H2,1H3,(H,17,19)/t12-/m0/s1. The Morgan fingerprint density at radius 3 is 2.74 bits per heavy atom. The molecule has 0 aliphatic carbocycles. The minimum atomic E-state index is -0.518. The van der Waals surface area contributed by atoms with Crippen LogP contribution in [0.5, 0.6) is 0 Å². The molecule has 1 amide bonds. The molecule has 5 heteroatoms. The highest BCUT2D eigenvalue weighted by Gasteiger charge is 2.14. The van der Waals surface area contributed by atoms with Crippen LogP contribution in [0.1, 0.15) is 12.0 Å². The van der Waals surface area contributed by atoms with Gasteiger partial charge in [0.2, 0.25) is 5.91 Å². The number of carbonyl (C=O) groups excluding carboxylic acids is 1. The van der Waals surface area contributed by atoms with Crippen molar-refractivity contribution in [2.24, 2.45) is 12.8 Å². The summed E-state index contributed by atoms with van der Waals surface area (Å²) in [4.78, 5) is 11.9. The number of hydrogen-bond acceptors (Lipinski definition) is 3. The van der Waals surface area contributed by atoms with Gasteiger partial charge in [0, 0.05) is 13.1 Å². The Bertz CT molecular complexity index is 535. The summed E-state index contributed by atoms with van der Waals surface area (Å²) in [5, 5.41) is 6.75. The van der Waals surface area contributed by atoms with Crippen molar-refractivity contribution in [1.82, 2.24) is 9.78 Å². The third-order valence-corrected chi connectivity index (χ3v) is 3.00. The number of nitrogens with zero attached hydrogens (tertiary/aromatic N) is 2. The van der Waals surface area contributed by atoms with Gasteiger partial charge in [-0.05, 0) is 18.4 Å². The van der Waals surface area contributed by atoms with Gasteiger partial charge in [0.25, 0.3) is 0 Å². The van der Waals surface area contributed by atoms with Crippen LogP contribution in [-0.4, -0.2) is 21.7 Å². The number of rotatable bonds is 5. The molecule has 0 unspecified atom stereocenters. The fraction of sp³-hybridized carbons (Fsp3) is 0.286. The Balaban J connectivity index is 1.84. The molecule has 2 rings (SSSR count). The van der Waals surface area contributed by atoms with Gasteiger partial charge in [0.1, 0.15) is 5.82 Å². The third-order valence-electron chi connectivity index (χ3n) is 3.00. The maximum Gasteiger partial charge on any atom is 0.242 e. The number of carbonyl (C=O) groups is 1. The van der Waals surface area contributed by atoms with Crippen LogP contribution < -0.4 is 11.1 Å². The molecule has 1 aromatic heterocycles. The molecule has 0 fully saturated rings. The van der Waals surface area contributed by atoms with E-state index in [4.69, 9.17) is 5.73 Å². The van der Waals surface area contributed by atoms with E-state index in [1.54, 1.807) is 24.0 Å². The van der Waals surface area contributed by atoms with Crippen molar-refractivity contribution in [2.75, 3.05) is 5.32 Å². The maximum atomic E-state index is 11.9. The first kappa shape index (κ1) is 13.3. The van der Waals surface area contributed by atoms with Crippen molar-refractivity contribution in [3.63, 3.8) is 0 Å². The van der Waals surface area contributed by atoms with Crippen LogP contribution in [-0.2, 0) is 18.3 Å². The van der Waals surface area contributed by atoms with E-state index in [1.165, 1.54) is 5.56 Å². The molecule has 5 nitrogen and oxygen atoms in total. The highest BCUT2D eigenvalue weighted by Crippen LogP contribution is 2.07. The Hall–Kier alpha value is -2.14. The molecule has 3 N–H and O–H groups in total. The Labute approximate surface area is 112 Å². The fourth-order valence-corrected chi connectivity index (χ4v) is 1.81. The first-order valence-electron chi connectivity index (χ1n) is 6.25. The predicted molar refractivity (Wildman–Crippen MR) is 74.6 cm³/mol. The number of anilines is 1. The Morgan fingerprint density at radius 2 is 2.11 bits per heavy atom. The smallest absolute Gasteiger partial charge is 0.242 e. The number of nitrogens with two attached hydrogens (primary N) is 1. The van der Waals surface area contributed by atoms with E-state index in [0.29, 0.717) is 12.2 Å². The van der Waals surface area contributed by atoms with Crippen LogP contribution >= 0.6 is 0 Å². The summed E-state index contributed by atoms with van der Waals surface area (Å²) in [5.41, 5.74) is 7.08. The van der Waals surface area contributed by atoms with E-state index >= 15 is 0 Å². The van der Waals surface area contributed by atoms with Crippen LogP contribution in [0, 0.1) is 0 Å². The van der Waals surface area contributed by atoms with Crippen LogP contribution in [0.15, 0.2) is 42.6 Å². The lowest BCUT2D eigenvalue weighted by molar-refractivity contribution is -0.117. The number of aromatic nitrogens is 2. The first-order chi connectivity index (χ1) is 9.16. The van der Waals surface area contributed by atoms with Gasteiger partial charge in [-0.1, -0.05) is 30.3 Å². The highest BCUT2D eigenvalue weighted by molar-refractivity contribution is 5.93.